The van der Waals surface area contributed by atoms with Crippen molar-refractivity contribution in [3.63, 3.8) is 0 Å². The van der Waals surface area contributed by atoms with Gasteiger partial charge < -0.3 is 4.42 Å². The molecule has 1 fully saturated rings. The van der Waals surface area contributed by atoms with Crippen LogP contribution in [-0.4, -0.2) is 26.6 Å². The highest BCUT2D eigenvalue weighted by atomic mass is 35.7. The van der Waals surface area contributed by atoms with Crippen molar-refractivity contribution in [2.24, 2.45) is 5.92 Å². The Hall–Kier alpha value is -2.30. The van der Waals surface area contributed by atoms with Crippen LogP contribution in [0.3, 0.4) is 0 Å². The van der Waals surface area contributed by atoms with E-state index < -0.39 is 15.0 Å². The van der Waals surface area contributed by atoms with Crippen LogP contribution in [0, 0.1) is 17.2 Å². The minimum Gasteiger partial charge on any atom is -0.439 e. The third kappa shape index (κ3) is 3.45. The number of furan rings is 1. The summed E-state index contributed by atoms with van der Waals surface area (Å²) in [5.41, 5.74) is 1.02. The van der Waals surface area contributed by atoms with Crippen LogP contribution in [0.25, 0.3) is 11.3 Å². The molecule has 6 nitrogen and oxygen atoms in total. The number of hydrogen-bond acceptors (Lipinski definition) is 5. The molecular weight excluding hydrogens is 352 g/mol. The Balaban J connectivity index is 1.91. The normalized spacial score (nSPS) is 17.9. The molecule has 1 saturated heterocycles. The number of nitriles is 1. The number of amides is 1. The summed E-state index contributed by atoms with van der Waals surface area (Å²) in [6, 6.07) is 12.8. The molecule has 1 atom stereocenters. The Morgan fingerprint density at radius 2 is 2.04 bits per heavy atom. The molecule has 0 spiro atoms. The molecule has 0 saturated carbocycles. The van der Waals surface area contributed by atoms with Crippen LogP contribution in [-0.2, 0) is 13.8 Å². The standard InChI is InChI=1S/C16H13ClN2O4S/c17-24(21,22)10-11-6-15(20)19(9-11)16-13(8-18)7-14(23-16)12-4-2-1-3-5-12/h1-5,7,11H,6,9-10H2. The van der Waals surface area contributed by atoms with Gasteiger partial charge in [-0.25, -0.2) is 8.42 Å². The first kappa shape index (κ1) is 16.6. The molecule has 3 rings (SSSR count). The highest BCUT2D eigenvalue weighted by Gasteiger charge is 2.36. The molecule has 1 aliphatic rings. The molecule has 8 heteroatoms. The summed E-state index contributed by atoms with van der Waals surface area (Å²) in [7, 11) is 1.57. The zero-order valence-electron chi connectivity index (χ0n) is 12.5. The molecule has 1 aromatic carbocycles. The first-order chi connectivity index (χ1) is 11.4. The zero-order valence-corrected chi connectivity index (χ0v) is 14.0. The van der Waals surface area contributed by atoms with E-state index in [0.717, 1.165) is 5.56 Å². The largest absolute Gasteiger partial charge is 0.439 e. The second-order valence-electron chi connectivity index (χ2n) is 5.59. The lowest BCUT2D eigenvalue weighted by atomic mass is 10.1. The van der Waals surface area contributed by atoms with Gasteiger partial charge in [0.1, 0.15) is 17.4 Å². The molecular formula is C16H13ClN2O4S. The smallest absolute Gasteiger partial charge is 0.232 e. The molecule has 0 radical (unpaired) electrons. The van der Waals surface area contributed by atoms with Crippen molar-refractivity contribution in [3.05, 3.63) is 42.0 Å². The number of carbonyl (C=O) groups is 1. The van der Waals surface area contributed by atoms with E-state index >= 15 is 0 Å². The van der Waals surface area contributed by atoms with Gasteiger partial charge in [0.2, 0.25) is 20.8 Å². The van der Waals surface area contributed by atoms with Gasteiger partial charge in [-0.3, -0.25) is 9.69 Å². The predicted octanol–water partition coefficient (Wildman–Crippen LogP) is 2.74. The van der Waals surface area contributed by atoms with E-state index in [0.29, 0.717) is 5.76 Å². The molecule has 2 aromatic rings. The first-order valence-electron chi connectivity index (χ1n) is 7.19. The van der Waals surface area contributed by atoms with Gasteiger partial charge >= 0.3 is 0 Å². The lowest BCUT2D eigenvalue weighted by molar-refractivity contribution is -0.117. The number of anilines is 1. The summed E-state index contributed by atoms with van der Waals surface area (Å²) < 4.78 is 28.1. The lowest BCUT2D eigenvalue weighted by Gasteiger charge is -2.13. The molecule has 24 heavy (non-hydrogen) atoms. The zero-order chi connectivity index (χ0) is 17.3. The number of rotatable bonds is 4. The summed E-state index contributed by atoms with van der Waals surface area (Å²) in [6.45, 7) is 0.154. The summed E-state index contributed by atoms with van der Waals surface area (Å²) >= 11 is 0. The molecule has 124 valence electrons. The minimum absolute atomic E-state index is 0.0538. The Labute approximate surface area is 143 Å². The van der Waals surface area contributed by atoms with Gasteiger partial charge in [-0.05, 0) is 0 Å². The third-order valence-electron chi connectivity index (χ3n) is 3.78. The van der Waals surface area contributed by atoms with Gasteiger partial charge in [-0.15, -0.1) is 0 Å². The van der Waals surface area contributed by atoms with Crippen LogP contribution in [0.4, 0.5) is 5.88 Å². The van der Waals surface area contributed by atoms with Crippen molar-refractivity contribution in [2.75, 3.05) is 17.2 Å². The summed E-state index contributed by atoms with van der Waals surface area (Å²) in [5.74, 6) is -0.368. The van der Waals surface area contributed by atoms with Gasteiger partial charge in [0, 0.05) is 41.2 Å². The maximum absolute atomic E-state index is 12.2. The van der Waals surface area contributed by atoms with Gasteiger partial charge in [0.05, 0.1) is 5.75 Å². The fraction of sp³-hybridized carbons (Fsp3) is 0.250. The fourth-order valence-electron chi connectivity index (χ4n) is 2.78. The van der Waals surface area contributed by atoms with Crippen LogP contribution in [0.2, 0.25) is 0 Å². The van der Waals surface area contributed by atoms with Crippen molar-refractivity contribution in [1.29, 1.82) is 5.26 Å². The van der Waals surface area contributed by atoms with Gasteiger partial charge in [-0.1, -0.05) is 30.3 Å². The summed E-state index contributed by atoms with van der Waals surface area (Å²) in [6.07, 6.45) is 0.0538. The SMILES string of the molecule is N#Cc1cc(-c2ccccc2)oc1N1CC(CS(=O)(=O)Cl)CC1=O. The van der Waals surface area contributed by atoms with Crippen molar-refractivity contribution in [1.82, 2.24) is 0 Å². The molecule has 0 N–H and O–H groups in total. The number of nitrogens with zero attached hydrogens (tertiary/aromatic N) is 2. The van der Waals surface area contributed by atoms with E-state index in [1.807, 2.05) is 36.4 Å². The van der Waals surface area contributed by atoms with Gasteiger partial charge in [0.15, 0.2) is 0 Å². The van der Waals surface area contributed by atoms with E-state index in [-0.39, 0.29) is 36.1 Å². The quantitative estimate of drug-likeness (QED) is 0.778. The Morgan fingerprint density at radius 3 is 2.67 bits per heavy atom. The molecule has 0 aliphatic carbocycles. The number of benzene rings is 1. The topological polar surface area (TPSA) is 91.4 Å². The molecule has 2 heterocycles. The summed E-state index contributed by atoms with van der Waals surface area (Å²) in [4.78, 5) is 13.5. The second kappa shape index (κ2) is 6.30. The fourth-order valence-corrected chi connectivity index (χ4v) is 4.10. The van der Waals surface area contributed by atoms with Crippen LogP contribution in [0.1, 0.15) is 12.0 Å². The highest BCUT2D eigenvalue weighted by molar-refractivity contribution is 8.13. The minimum atomic E-state index is -3.69. The monoisotopic (exact) mass is 364 g/mol. The van der Waals surface area contributed by atoms with Crippen LogP contribution in [0.15, 0.2) is 40.8 Å². The van der Waals surface area contributed by atoms with E-state index in [1.165, 1.54) is 4.90 Å². The lowest BCUT2D eigenvalue weighted by Crippen LogP contribution is -2.25. The number of carbonyl (C=O) groups excluding carboxylic acids is 1. The molecule has 0 bridgehead atoms. The highest BCUT2D eigenvalue weighted by Crippen LogP contribution is 2.35. The third-order valence-corrected chi connectivity index (χ3v) is 5.02. The number of halogens is 1. The summed E-state index contributed by atoms with van der Waals surface area (Å²) in [5, 5.41) is 9.31. The van der Waals surface area contributed by atoms with E-state index in [9.17, 15) is 18.5 Å². The van der Waals surface area contributed by atoms with Crippen molar-refractivity contribution >= 4 is 31.5 Å². The Morgan fingerprint density at radius 1 is 1.33 bits per heavy atom. The molecule has 1 amide bonds. The van der Waals surface area contributed by atoms with Crippen LogP contribution >= 0.6 is 10.7 Å². The average Bonchev–Trinajstić information content (AvgIpc) is 3.09. The average molecular weight is 365 g/mol. The van der Waals surface area contributed by atoms with Crippen molar-refractivity contribution in [3.8, 4) is 17.4 Å². The van der Waals surface area contributed by atoms with E-state index in [2.05, 4.69) is 0 Å². The van der Waals surface area contributed by atoms with Gasteiger partial charge in [0.25, 0.3) is 0 Å². The number of hydrogen-bond donors (Lipinski definition) is 0. The Bertz CT molecular complexity index is 915. The van der Waals surface area contributed by atoms with E-state index in [1.54, 1.807) is 6.07 Å². The maximum Gasteiger partial charge on any atom is 0.232 e. The molecule has 1 aromatic heterocycles. The van der Waals surface area contributed by atoms with Crippen LogP contribution in [0.5, 0.6) is 0 Å². The maximum atomic E-state index is 12.2. The predicted molar refractivity (Wildman–Crippen MR) is 89.0 cm³/mol. The van der Waals surface area contributed by atoms with Gasteiger partial charge in [-0.2, -0.15) is 5.26 Å². The molecule has 1 aliphatic heterocycles. The first-order valence-corrected chi connectivity index (χ1v) is 9.67. The Kier molecular flexibility index (Phi) is 4.35. The van der Waals surface area contributed by atoms with Crippen molar-refractivity contribution in [2.45, 2.75) is 6.42 Å². The second-order valence-corrected chi connectivity index (χ2v) is 8.41. The van der Waals surface area contributed by atoms with Crippen LogP contribution < -0.4 is 4.90 Å². The van der Waals surface area contributed by atoms with Crippen molar-refractivity contribution < 1.29 is 17.6 Å². The van der Waals surface area contributed by atoms with E-state index in [4.69, 9.17) is 15.1 Å². The molecule has 1 unspecified atom stereocenters.